The number of amides is 1. The maximum atomic E-state index is 14.0. The van der Waals surface area contributed by atoms with Crippen LogP contribution in [-0.4, -0.2) is 42.2 Å². The van der Waals surface area contributed by atoms with Crippen molar-refractivity contribution in [3.63, 3.8) is 0 Å². The number of carbonyl (C=O) groups is 1. The van der Waals surface area contributed by atoms with Crippen molar-refractivity contribution in [3.05, 3.63) is 77.0 Å². The lowest BCUT2D eigenvalue weighted by Crippen LogP contribution is -2.37. The Bertz CT molecular complexity index is 1230. The number of anilines is 1. The van der Waals surface area contributed by atoms with Crippen molar-refractivity contribution in [2.24, 2.45) is 5.73 Å². The Hall–Kier alpha value is -3.57. The van der Waals surface area contributed by atoms with E-state index < -0.39 is 23.6 Å². The molecule has 0 saturated carbocycles. The van der Waals surface area contributed by atoms with Gasteiger partial charge in [0.05, 0.1) is 24.8 Å². The minimum Gasteiger partial charge on any atom is -0.378 e. The number of ether oxygens (including phenoxy) is 1. The number of morpholine rings is 1. The van der Waals surface area contributed by atoms with Crippen LogP contribution in [0, 0.1) is 5.82 Å². The Kier molecular flexibility index (Phi) is 7.51. The number of hydrogen-bond donors (Lipinski definition) is 2. The summed E-state index contributed by atoms with van der Waals surface area (Å²) in [5, 5.41) is 2.87. The van der Waals surface area contributed by atoms with Crippen LogP contribution in [0.2, 0.25) is 0 Å². The average molecular weight is 504 g/mol. The van der Waals surface area contributed by atoms with Crippen LogP contribution in [0.5, 0.6) is 0 Å². The molecule has 190 valence electrons. The van der Waals surface area contributed by atoms with Gasteiger partial charge in [0.1, 0.15) is 23.7 Å². The fraction of sp³-hybridized carbons (Fsp3) is 0.320. The number of carbonyl (C=O) groups excluding carboxylic acids is 1. The number of benzene rings is 2. The molecule has 2 heterocycles. The molecule has 1 fully saturated rings. The van der Waals surface area contributed by atoms with Gasteiger partial charge in [0.25, 0.3) is 5.91 Å². The van der Waals surface area contributed by atoms with Crippen LogP contribution >= 0.6 is 0 Å². The van der Waals surface area contributed by atoms with E-state index >= 15 is 0 Å². The summed E-state index contributed by atoms with van der Waals surface area (Å²) in [7, 11) is 0. The van der Waals surface area contributed by atoms with E-state index in [1.807, 2.05) is 4.90 Å². The Morgan fingerprint density at radius 1 is 1.14 bits per heavy atom. The van der Waals surface area contributed by atoms with Gasteiger partial charge in [0.15, 0.2) is 0 Å². The van der Waals surface area contributed by atoms with Crippen molar-refractivity contribution in [2.45, 2.75) is 25.7 Å². The smallest absolute Gasteiger partial charge is 0.378 e. The molecule has 0 spiro atoms. The van der Waals surface area contributed by atoms with E-state index in [1.165, 1.54) is 6.33 Å². The van der Waals surface area contributed by atoms with Crippen LogP contribution in [0.3, 0.4) is 0 Å². The molecule has 0 bridgehead atoms. The van der Waals surface area contributed by atoms with Crippen molar-refractivity contribution in [3.8, 4) is 11.1 Å². The summed E-state index contributed by atoms with van der Waals surface area (Å²) < 4.78 is 58.9. The second-order valence-corrected chi connectivity index (χ2v) is 8.37. The number of nitrogens with two attached hydrogens (primary N) is 1. The Labute approximate surface area is 205 Å². The van der Waals surface area contributed by atoms with E-state index in [0.29, 0.717) is 37.7 Å². The lowest BCUT2D eigenvalue weighted by Gasteiger charge is -2.27. The zero-order valence-electron chi connectivity index (χ0n) is 19.5. The van der Waals surface area contributed by atoms with E-state index in [-0.39, 0.29) is 29.3 Å². The normalized spacial score (nSPS) is 15.0. The molecule has 1 aromatic heterocycles. The number of aromatic nitrogens is 2. The minimum atomic E-state index is -4.83. The molecule has 1 atom stereocenters. The Morgan fingerprint density at radius 2 is 1.83 bits per heavy atom. The number of nitrogens with zero attached hydrogens (tertiary/aromatic N) is 3. The first-order valence-corrected chi connectivity index (χ1v) is 11.3. The van der Waals surface area contributed by atoms with Gasteiger partial charge in [-0.25, -0.2) is 14.4 Å². The molecule has 7 nitrogen and oxygen atoms in total. The first-order valence-electron chi connectivity index (χ1n) is 11.3. The molecule has 1 aliphatic heterocycles. The quantitative estimate of drug-likeness (QED) is 0.493. The first kappa shape index (κ1) is 25.5. The standard InChI is InChI=1S/C25H25F4N5O2/c1-15(33-24(35)22-12-23(32-14-31-22)34-6-8-36-9-7-34)16-2-4-17(5-3-16)19-11-20(25(27,28)29)21(26)10-18(19)13-30/h2-5,10-12,14-15H,6-9,13,30H2,1H3,(H,33,35)/t15-/m1/s1. The SMILES string of the molecule is C[C@@H](NC(=O)c1cc(N2CCOCC2)ncn1)c1ccc(-c2cc(C(F)(F)F)c(F)cc2CN)cc1. The number of halogens is 4. The maximum Gasteiger partial charge on any atom is 0.419 e. The fourth-order valence-electron chi connectivity index (χ4n) is 4.01. The third-order valence-corrected chi connectivity index (χ3v) is 6.01. The molecule has 0 radical (unpaired) electrons. The van der Waals surface area contributed by atoms with Crippen LogP contribution in [0.4, 0.5) is 23.4 Å². The lowest BCUT2D eigenvalue weighted by molar-refractivity contribution is -0.139. The van der Waals surface area contributed by atoms with Crippen molar-refractivity contribution < 1.29 is 27.1 Å². The summed E-state index contributed by atoms with van der Waals surface area (Å²) in [6, 6.07) is 9.42. The predicted molar refractivity (Wildman–Crippen MR) is 126 cm³/mol. The van der Waals surface area contributed by atoms with Gasteiger partial charge in [-0.1, -0.05) is 24.3 Å². The van der Waals surface area contributed by atoms with Gasteiger partial charge in [0, 0.05) is 25.7 Å². The van der Waals surface area contributed by atoms with Crippen molar-refractivity contribution >= 4 is 11.7 Å². The molecule has 1 amide bonds. The van der Waals surface area contributed by atoms with Crippen molar-refractivity contribution in [1.29, 1.82) is 0 Å². The van der Waals surface area contributed by atoms with E-state index in [9.17, 15) is 22.4 Å². The van der Waals surface area contributed by atoms with Crippen LogP contribution in [0.25, 0.3) is 11.1 Å². The highest BCUT2D eigenvalue weighted by atomic mass is 19.4. The number of rotatable bonds is 6. The van der Waals surface area contributed by atoms with E-state index in [4.69, 9.17) is 10.5 Å². The van der Waals surface area contributed by atoms with Gasteiger partial charge in [0.2, 0.25) is 0 Å². The van der Waals surface area contributed by atoms with Gasteiger partial charge in [-0.2, -0.15) is 13.2 Å². The molecule has 3 N–H and O–H groups in total. The zero-order valence-corrected chi connectivity index (χ0v) is 19.5. The highest BCUT2D eigenvalue weighted by Gasteiger charge is 2.35. The third kappa shape index (κ3) is 5.63. The molecular formula is C25H25F4N5O2. The van der Waals surface area contributed by atoms with Crippen molar-refractivity contribution in [2.75, 3.05) is 31.2 Å². The van der Waals surface area contributed by atoms with Gasteiger partial charge in [-0.3, -0.25) is 4.79 Å². The molecule has 3 aromatic rings. The first-order chi connectivity index (χ1) is 17.2. The third-order valence-electron chi connectivity index (χ3n) is 6.01. The molecule has 1 aliphatic rings. The topological polar surface area (TPSA) is 93.4 Å². The highest BCUT2D eigenvalue weighted by molar-refractivity contribution is 5.93. The van der Waals surface area contributed by atoms with Gasteiger partial charge >= 0.3 is 6.18 Å². The maximum absolute atomic E-state index is 14.0. The molecule has 36 heavy (non-hydrogen) atoms. The van der Waals surface area contributed by atoms with Gasteiger partial charge in [-0.05, 0) is 41.3 Å². The van der Waals surface area contributed by atoms with E-state index in [0.717, 1.165) is 17.7 Å². The lowest BCUT2D eigenvalue weighted by atomic mass is 9.95. The summed E-state index contributed by atoms with van der Waals surface area (Å²) in [5.41, 5.74) is 6.15. The zero-order chi connectivity index (χ0) is 25.9. The van der Waals surface area contributed by atoms with Crippen molar-refractivity contribution in [1.82, 2.24) is 15.3 Å². The average Bonchev–Trinajstić information content (AvgIpc) is 2.88. The largest absolute Gasteiger partial charge is 0.419 e. The van der Waals surface area contributed by atoms with Gasteiger partial charge in [-0.15, -0.1) is 0 Å². The van der Waals surface area contributed by atoms with E-state index in [1.54, 1.807) is 37.3 Å². The second kappa shape index (κ2) is 10.6. The van der Waals surface area contributed by atoms with Gasteiger partial charge < -0.3 is 20.7 Å². The molecule has 11 heteroatoms. The summed E-state index contributed by atoms with van der Waals surface area (Å²) in [6.45, 7) is 4.17. The Balaban J connectivity index is 1.50. The molecular weight excluding hydrogens is 478 g/mol. The highest BCUT2D eigenvalue weighted by Crippen LogP contribution is 2.36. The molecule has 4 rings (SSSR count). The molecule has 0 unspecified atom stereocenters. The molecule has 0 aliphatic carbocycles. The number of alkyl halides is 3. The molecule has 1 saturated heterocycles. The van der Waals surface area contributed by atoms with Crippen LogP contribution in [0.1, 0.15) is 40.1 Å². The summed E-state index contributed by atoms with van der Waals surface area (Å²) in [4.78, 5) is 23.1. The van der Waals surface area contributed by atoms with E-state index in [2.05, 4.69) is 15.3 Å². The Morgan fingerprint density at radius 3 is 2.47 bits per heavy atom. The second-order valence-electron chi connectivity index (χ2n) is 8.37. The summed E-state index contributed by atoms with van der Waals surface area (Å²) >= 11 is 0. The van der Waals surface area contributed by atoms with Crippen LogP contribution in [-0.2, 0) is 17.5 Å². The minimum absolute atomic E-state index is 0.121. The predicted octanol–water partition coefficient (Wildman–Crippen LogP) is 4.09. The molecule has 2 aromatic carbocycles. The summed E-state index contributed by atoms with van der Waals surface area (Å²) in [5.74, 6) is -1.10. The number of nitrogens with one attached hydrogen (secondary N) is 1. The number of hydrogen-bond acceptors (Lipinski definition) is 6. The van der Waals surface area contributed by atoms with Crippen LogP contribution < -0.4 is 16.0 Å². The fourth-order valence-corrected chi connectivity index (χ4v) is 4.01. The summed E-state index contributed by atoms with van der Waals surface area (Å²) in [6.07, 6.45) is -3.49. The monoisotopic (exact) mass is 503 g/mol. The van der Waals surface area contributed by atoms with Crippen LogP contribution in [0.15, 0.2) is 48.8 Å².